The summed E-state index contributed by atoms with van der Waals surface area (Å²) in [6.45, 7) is 4.19. The first kappa shape index (κ1) is 21.6. The highest BCUT2D eigenvalue weighted by Gasteiger charge is 2.22. The van der Waals surface area contributed by atoms with Gasteiger partial charge in [0.15, 0.2) is 11.5 Å². The molecule has 1 saturated heterocycles. The molecule has 160 valence electrons. The Morgan fingerprint density at radius 3 is 2.70 bits per heavy atom. The fourth-order valence-corrected chi connectivity index (χ4v) is 3.69. The van der Waals surface area contributed by atoms with Crippen LogP contribution in [0.2, 0.25) is 0 Å². The van der Waals surface area contributed by atoms with E-state index >= 15 is 0 Å². The number of ether oxygens (including phenoxy) is 3. The van der Waals surface area contributed by atoms with Crippen molar-refractivity contribution in [2.24, 2.45) is 0 Å². The number of rotatable bonds is 8. The SMILES string of the molecule is CCOc1cc(/C=C/C(=O)NC2CCCN(c3ccccc3OC)C2)ccc1OC. The molecule has 0 saturated carbocycles. The van der Waals surface area contributed by atoms with E-state index in [4.69, 9.17) is 14.2 Å². The largest absolute Gasteiger partial charge is 0.495 e. The molecule has 2 aromatic rings. The van der Waals surface area contributed by atoms with Crippen molar-refractivity contribution in [2.45, 2.75) is 25.8 Å². The summed E-state index contributed by atoms with van der Waals surface area (Å²) in [5.74, 6) is 2.10. The zero-order valence-electron chi connectivity index (χ0n) is 17.9. The molecule has 1 N–H and O–H groups in total. The number of anilines is 1. The van der Waals surface area contributed by atoms with Crippen LogP contribution in [-0.2, 0) is 4.79 Å². The van der Waals surface area contributed by atoms with E-state index in [0.29, 0.717) is 18.1 Å². The molecule has 0 bridgehead atoms. The van der Waals surface area contributed by atoms with Crippen LogP contribution in [0, 0.1) is 0 Å². The molecule has 0 radical (unpaired) electrons. The summed E-state index contributed by atoms with van der Waals surface area (Å²) in [5.41, 5.74) is 1.95. The Morgan fingerprint density at radius 1 is 1.13 bits per heavy atom. The fraction of sp³-hybridized carbons (Fsp3) is 0.375. The third kappa shape index (κ3) is 5.47. The van der Waals surface area contributed by atoms with Gasteiger partial charge in [0.25, 0.3) is 0 Å². The average molecular weight is 411 g/mol. The summed E-state index contributed by atoms with van der Waals surface area (Å²) < 4.78 is 16.4. The third-order valence-corrected chi connectivity index (χ3v) is 5.11. The van der Waals surface area contributed by atoms with Gasteiger partial charge in [-0.15, -0.1) is 0 Å². The van der Waals surface area contributed by atoms with Crippen molar-refractivity contribution in [1.29, 1.82) is 0 Å². The number of nitrogens with zero attached hydrogens (tertiary/aromatic N) is 1. The van der Waals surface area contributed by atoms with E-state index in [1.54, 1.807) is 26.4 Å². The molecule has 2 aromatic carbocycles. The third-order valence-electron chi connectivity index (χ3n) is 5.11. The van der Waals surface area contributed by atoms with Gasteiger partial charge in [0.05, 0.1) is 26.5 Å². The lowest BCUT2D eigenvalue weighted by Crippen LogP contribution is -2.47. The van der Waals surface area contributed by atoms with E-state index in [1.807, 2.05) is 43.3 Å². The second-order valence-electron chi connectivity index (χ2n) is 7.14. The van der Waals surface area contributed by atoms with Crippen LogP contribution in [0.25, 0.3) is 6.08 Å². The Bertz CT molecular complexity index is 881. The molecule has 1 aliphatic heterocycles. The second kappa shape index (κ2) is 10.6. The van der Waals surface area contributed by atoms with Gasteiger partial charge in [-0.25, -0.2) is 0 Å². The Hall–Kier alpha value is -3.15. The maximum absolute atomic E-state index is 12.5. The summed E-state index contributed by atoms with van der Waals surface area (Å²) in [5, 5.41) is 3.12. The predicted molar refractivity (Wildman–Crippen MR) is 120 cm³/mol. The van der Waals surface area contributed by atoms with E-state index in [9.17, 15) is 4.79 Å². The lowest BCUT2D eigenvalue weighted by molar-refractivity contribution is -0.117. The Balaban J connectivity index is 1.61. The van der Waals surface area contributed by atoms with Crippen molar-refractivity contribution in [3.8, 4) is 17.2 Å². The number of benzene rings is 2. The van der Waals surface area contributed by atoms with E-state index in [0.717, 1.165) is 42.9 Å². The van der Waals surface area contributed by atoms with E-state index in [-0.39, 0.29) is 11.9 Å². The van der Waals surface area contributed by atoms with Gasteiger partial charge in [-0.3, -0.25) is 4.79 Å². The van der Waals surface area contributed by atoms with Gasteiger partial charge in [-0.05, 0) is 55.7 Å². The highest BCUT2D eigenvalue weighted by Crippen LogP contribution is 2.30. The summed E-state index contributed by atoms with van der Waals surface area (Å²) in [6.07, 6.45) is 5.34. The first-order chi connectivity index (χ1) is 14.6. The molecule has 0 spiro atoms. The van der Waals surface area contributed by atoms with Gasteiger partial charge < -0.3 is 24.4 Å². The number of hydrogen-bond donors (Lipinski definition) is 1. The monoisotopic (exact) mass is 410 g/mol. The number of methoxy groups -OCH3 is 2. The van der Waals surface area contributed by atoms with Gasteiger partial charge in [-0.1, -0.05) is 18.2 Å². The number of carbonyl (C=O) groups excluding carboxylic acids is 1. The van der Waals surface area contributed by atoms with Gasteiger partial charge in [-0.2, -0.15) is 0 Å². The van der Waals surface area contributed by atoms with Crippen LogP contribution in [-0.4, -0.2) is 45.9 Å². The van der Waals surface area contributed by atoms with E-state index in [1.165, 1.54) is 0 Å². The van der Waals surface area contributed by atoms with Crippen molar-refractivity contribution < 1.29 is 19.0 Å². The number of carbonyl (C=O) groups is 1. The Kier molecular flexibility index (Phi) is 7.60. The van der Waals surface area contributed by atoms with Crippen LogP contribution in [0.4, 0.5) is 5.69 Å². The molecule has 1 amide bonds. The van der Waals surface area contributed by atoms with Crippen LogP contribution in [0.15, 0.2) is 48.5 Å². The van der Waals surface area contributed by atoms with Crippen molar-refractivity contribution in [1.82, 2.24) is 5.32 Å². The van der Waals surface area contributed by atoms with Crippen molar-refractivity contribution in [3.05, 3.63) is 54.1 Å². The quantitative estimate of drug-likeness (QED) is 0.669. The summed E-state index contributed by atoms with van der Waals surface area (Å²) in [6, 6.07) is 13.7. The topological polar surface area (TPSA) is 60.0 Å². The molecular formula is C24H30N2O4. The van der Waals surface area contributed by atoms with Crippen LogP contribution < -0.4 is 24.4 Å². The average Bonchev–Trinajstić information content (AvgIpc) is 2.78. The molecule has 6 nitrogen and oxygen atoms in total. The van der Waals surface area contributed by atoms with Gasteiger partial charge in [0.1, 0.15) is 5.75 Å². The minimum atomic E-state index is -0.101. The van der Waals surface area contributed by atoms with Crippen LogP contribution in [0.3, 0.4) is 0 Å². The maximum Gasteiger partial charge on any atom is 0.244 e. The van der Waals surface area contributed by atoms with Crippen molar-refractivity contribution in [3.63, 3.8) is 0 Å². The first-order valence-corrected chi connectivity index (χ1v) is 10.3. The number of hydrogen-bond acceptors (Lipinski definition) is 5. The second-order valence-corrected chi connectivity index (χ2v) is 7.14. The minimum Gasteiger partial charge on any atom is -0.495 e. The van der Waals surface area contributed by atoms with Crippen molar-refractivity contribution in [2.75, 3.05) is 38.8 Å². The molecule has 0 aromatic heterocycles. The highest BCUT2D eigenvalue weighted by atomic mass is 16.5. The maximum atomic E-state index is 12.5. The fourth-order valence-electron chi connectivity index (χ4n) is 3.69. The van der Waals surface area contributed by atoms with Gasteiger partial charge >= 0.3 is 0 Å². The minimum absolute atomic E-state index is 0.0932. The van der Waals surface area contributed by atoms with Gasteiger partial charge in [0.2, 0.25) is 5.91 Å². The molecule has 1 fully saturated rings. The molecule has 1 atom stereocenters. The summed E-state index contributed by atoms with van der Waals surface area (Å²) >= 11 is 0. The number of amides is 1. The highest BCUT2D eigenvalue weighted by molar-refractivity contribution is 5.92. The summed E-state index contributed by atoms with van der Waals surface area (Å²) in [7, 11) is 3.29. The lowest BCUT2D eigenvalue weighted by atomic mass is 10.0. The zero-order chi connectivity index (χ0) is 21.3. The molecule has 0 aliphatic carbocycles. The predicted octanol–water partition coefficient (Wildman–Crippen LogP) is 3.90. The molecular weight excluding hydrogens is 380 g/mol. The molecule has 1 heterocycles. The molecule has 1 unspecified atom stereocenters. The van der Waals surface area contributed by atoms with Crippen LogP contribution in [0.1, 0.15) is 25.3 Å². The zero-order valence-corrected chi connectivity index (χ0v) is 17.9. The summed E-state index contributed by atoms with van der Waals surface area (Å²) in [4.78, 5) is 14.8. The normalized spacial score (nSPS) is 16.4. The number of nitrogens with one attached hydrogen (secondary N) is 1. The van der Waals surface area contributed by atoms with Gasteiger partial charge in [0, 0.05) is 25.2 Å². The Labute approximate surface area is 178 Å². The smallest absolute Gasteiger partial charge is 0.244 e. The Morgan fingerprint density at radius 2 is 1.93 bits per heavy atom. The molecule has 3 rings (SSSR count). The number of para-hydroxylation sites is 2. The van der Waals surface area contributed by atoms with Crippen LogP contribution >= 0.6 is 0 Å². The van der Waals surface area contributed by atoms with Crippen molar-refractivity contribution >= 4 is 17.7 Å². The number of piperidine rings is 1. The van der Waals surface area contributed by atoms with E-state index < -0.39 is 0 Å². The first-order valence-electron chi connectivity index (χ1n) is 10.3. The van der Waals surface area contributed by atoms with Crippen LogP contribution in [0.5, 0.6) is 17.2 Å². The lowest BCUT2D eigenvalue weighted by Gasteiger charge is -2.35. The molecule has 6 heteroatoms. The standard InChI is InChI=1S/C24H30N2O4/c1-4-30-23-16-18(11-13-22(23)29-3)12-14-24(27)25-19-8-7-15-26(17-19)20-9-5-6-10-21(20)28-2/h5-6,9-14,16,19H,4,7-8,15,17H2,1-3H3,(H,25,27)/b14-12+. The molecule has 30 heavy (non-hydrogen) atoms. The molecule has 1 aliphatic rings. The van der Waals surface area contributed by atoms with E-state index in [2.05, 4.69) is 16.3 Å².